The topological polar surface area (TPSA) is 58.2 Å². The van der Waals surface area contributed by atoms with Crippen molar-refractivity contribution in [3.8, 4) is 0 Å². The van der Waals surface area contributed by atoms with Crippen molar-refractivity contribution >= 4 is 23.2 Å². The third-order valence-corrected chi connectivity index (χ3v) is 4.24. The summed E-state index contributed by atoms with van der Waals surface area (Å²) in [5.74, 6) is -0.653. The molecule has 0 aliphatic carbocycles. The van der Waals surface area contributed by atoms with Crippen molar-refractivity contribution in [1.29, 1.82) is 0 Å². The molecular formula is C22H26N2O2. The predicted octanol–water partition coefficient (Wildman–Crippen LogP) is 4.67. The molecule has 4 nitrogen and oxygen atoms in total. The van der Waals surface area contributed by atoms with Crippen LogP contribution >= 0.6 is 0 Å². The summed E-state index contributed by atoms with van der Waals surface area (Å²) >= 11 is 0. The lowest BCUT2D eigenvalue weighted by Gasteiger charge is -2.12. The molecule has 0 radical (unpaired) electrons. The largest absolute Gasteiger partial charge is 0.322 e. The van der Waals surface area contributed by atoms with Gasteiger partial charge in [0, 0.05) is 23.5 Å². The van der Waals surface area contributed by atoms with E-state index in [-0.39, 0.29) is 11.8 Å². The SMILES string of the molecule is Cc1cc(C)c(NC(=O)C=CC(=O)Nc2c(C)cc(C)cc2C)c(C)c1. The molecule has 2 aromatic rings. The maximum atomic E-state index is 12.2. The molecule has 0 aliphatic heterocycles. The van der Waals surface area contributed by atoms with Gasteiger partial charge in [0.1, 0.15) is 0 Å². The van der Waals surface area contributed by atoms with Gasteiger partial charge < -0.3 is 10.6 Å². The smallest absolute Gasteiger partial charge is 0.248 e. The minimum absolute atomic E-state index is 0.326. The van der Waals surface area contributed by atoms with Crippen molar-refractivity contribution in [2.75, 3.05) is 10.6 Å². The fraction of sp³-hybridized carbons (Fsp3) is 0.273. The lowest BCUT2D eigenvalue weighted by atomic mass is 10.0. The summed E-state index contributed by atoms with van der Waals surface area (Å²) in [5, 5.41) is 5.70. The first-order valence-corrected chi connectivity index (χ1v) is 8.63. The molecule has 26 heavy (non-hydrogen) atoms. The monoisotopic (exact) mass is 350 g/mol. The Morgan fingerprint density at radius 2 is 0.885 bits per heavy atom. The zero-order chi connectivity index (χ0) is 19.4. The number of anilines is 2. The Bertz CT molecular complexity index is 776. The van der Waals surface area contributed by atoms with E-state index in [9.17, 15) is 9.59 Å². The molecule has 0 saturated carbocycles. The summed E-state index contributed by atoms with van der Waals surface area (Å²) in [4.78, 5) is 24.3. The molecule has 0 atom stereocenters. The third-order valence-electron chi connectivity index (χ3n) is 4.24. The molecule has 0 saturated heterocycles. The molecule has 136 valence electrons. The summed E-state index contributed by atoms with van der Waals surface area (Å²) in [5.41, 5.74) is 7.87. The van der Waals surface area contributed by atoms with E-state index in [4.69, 9.17) is 0 Å². The molecule has 4 heteroatoms. The van der Waals surface area contributed by atoms with Crippen molar-refractivity contribution in [3.05, 3.63) is 69.8 Å². The molecule has 2 N–H and O–H groups in total. The minimum atomic E-state index is -0.326. The van der Waals surface area contributed by atoms with Crippen LogP contribution in [0, 0.1) is 41.5 Å². The second-order valence-electron chi connectivity index (χ2n) is 6.86. The van der Waals surface area contributed by atoms with E-state index in [1.54, 1.807) is 0 Å². The molecule has 0 bridgehead atoms. The van der Waals surface area contributed by atoms with Crippen LogP contribution < -0.4 is 10.6 Å². The third kappa shape index (κ3) is 4.82. The van der Waals surface area contributed by atoms with Crippen LogP contribution in [0.3, 0.4) is 0 Å². The second-order valence-corrected chi connectivity index (χ2v) is 6.86. The summed E-state index contributed by atoms with van der Waals surface area (Å²) < 4.78 is 0. The summed E-state index contributed by atoms with van der Waals surface area (Å²) in [6, 6.07) is 8.06. The average molecular weight is 350 g/mol. The highest BCUT2D eigenvalue weighted by Crippen LogP contribution is 2.23. The Morgan fingerprint density at radius 1 is 0.615 bits per heavy atom. The number of amides is 2. The quantitative estimate of drug-likeness (QED) is 0.787. The summed E-state index contributed by atoms with van der Waals surface area (Å²) in [6.45, 7) is 11.9. The van der Waals surface area contributed by atoms with Crippen molar-refractivity contribution in [2.45, 2.75) is 41.5 Å². The number of rotatable bonds is 4. The molecule has 0 unspecified atom stereocenters. The van der Waals surface area contributed by atoms with Crippen molar-refractivity contribution in [2.24, 2.45) is 0 Å². The van der Waals surface area contributed by atoms with Crippen LogP contribution in [0.25, 0.3) is 0 Å². The first-order chi connectivity index (χ1) is 12.2. The van der Waals surface area contributed by atoms with E-state index in [0.717, 1.165) is 44.8 Å². The lowest BCUT2D eigenvalue weighted by molar-refractivity contribution is -0.114. The number of nitrogens with one attached hydrogen (secondary N) is 2. The van der Waals surface area contributed by atoms with Crippen LogP contribution in [0.5, 0.6) is 0 Å². The standard InChI is InChI=1S/C22H26N2O2/c1-13-9-15(3)21(16(4)10-13)23-19(25)7-8-20(26)24-22-17(5)11-14(2)12-18(22)6/h7-12H,1-6H3,(H,23,25)(H,24,26). The summed E-state index contributed by atoms with van der Waals surface area (Å²) in [7, 11) is 0. The van der Waals surface area contributed by atoms with Gasteiger partial charge in [0.15, 0.2) is 0 Å². The highest BCUT2D eigenvalue weighted by molar-refractivity contribution is 6.07. The number of hydrogen-bond acceptors (Lipinski definition) is 2. The maximum Gasteiger partial charge on any atom is 0.248 e. The van der Waals surface area contributed by atoms with Crippen molar-refractivity contribution < 1.29 is 9.59 Å². The minimum Gasteiger partial charge on any atom is -0.322 e. The molecular weight excluding hydrogens is 324 g/mol. The van der Waals surface area contributed by atoms with Crippen LogP contribution in [-0.2, 0) is 9.59 Å². The molecule has 0 aromatic heterocycles. The van der Waals surface area contributed by atoms with Crippen molar-refractivity contribution in [1.82, 2.24) is 0 Å². The maximum absolute atomic E-state index is 12.2. The molecule has 0 heterocycles. The lowest BCUT2D eigenvalue weighted by Crippen LogP contribution is -2.14. The highest BCUT2D eigenvalue weighted by Gasteiger charge is 2.08. The Labute approximate surface area is 155 Å². The van der Waals surface area contributed by atoms with Crippen LogP contribution in [0.4, 0.5) is 11.4 Å². The second kappa shape index (κ2) is 8.00. The van der Waals surface area contributed by atoms with Gasteiger partial charge in [-0.3, -0.25) is 9.59 Å². The Hall–Kier alpha value is -2.88. The van der Waals surface area contributed by atoms with Crippen LogP contribution in [0.1, 0.15) is 33.4 Å². The van der Waals surface area contributed by atoms with Crippen molar-refractivity contribution in [3.63, 3.8) is 0 Å². The normalized spacial score (nSPS) is 10.8. The Morgan fingerprint density at radius 3 is 1.15 bits per heavy atom. The zero-order valence-electron chi connectivity index (χ0n) is 16.3. The fourth-order valence-electron chi connectivity index (χ4n) is 3.24. The predicted molar refractivity (Wildman–Crippen MR) is 108 cm³/mol. The van der Waals surface area contributed by atoms with Gasteiger partial charge in [0.2, 0.25) is 11.8 Å². The van der Waals surface area contributed by atoms with E-state index in [0.29, 0.717) is 0 Å². The highest BCUT2D eigenvalue weighted by atomic mass is 16.2. The number of carbonyl (C=O) groups is 2. The average Bonchev–Trinajstić information content (AvgIpc) is 2.52. The van der Waals surface area contributed by atoms with Gasteiger partial charge in [0.25, 0.3) is 0 Å². The van der Waals surface area contributed by atoms with Gasteiger partial charge in [-0.25, -0.2) is 0 Å². The molecule has 0 spiro atoms. The van der Waals surface area contributed by atoms with E-state index in [1.807, 2.05) is 65.8 Å². The zero-order valence-corrected chi connectivity index (χ0v) is 16.3. The van der Waals surface area contributed by atoms with Gasteiger partial charge >= 0.3 is 0 Å². The van der Waals surface area contributed by atoms with Gasteiger partial charge in [-0.05, 0) is 63.8 Å². The number of aryl methyl sites for hydroxylation is 6. The van der Waals surface area contributed by atoms with Gasteiger partial charge in [-0.15, -0.1) is 0 Å². The van der Waals surface area contributed by atoms with Crippen LogP contribution in [0.2, 0.25) is 0 Å². The van der Waals surface area contributed by atoms with E-state index < -0.39 is 0 Å². The fourth-order valence-corrected chi connectivity index (χ4v) is 3.24. The Kier molecular flexibility index (Phi) is 5.98. The van der Waals surface area contributed by atoms with E-state index in [1.165, 1.54) is 12.2 Å². The number of benzene rings is 2. The molecule has 0 fully saturated rings. The number of carbonyl (C=O) groups excluding carboxylic acids is 2. The van der Waals surface area contributed by atoms with Gasteiger partial charge in [0.05, 0.1) is 0 Å². The van der Waals surface area contributed by atoms with Crippen LogP contribution in [-0.4, -0.2) is 11.8 Å². The Balaban J connectivity index is 2.06. The first kappa shape index (κ1) is 19.4. The number of hydrogen-bond donors (Lipinski definition) is 2. The first-order valence-electron chi connectivity index (χ1n) is 8.63. The van der Waals surface area contributed by atoms with Crippen LogP contribution in [0.15, 0.2) is 36.4 Å². The van der Waals surface area contributed by atoms with E-state index >= 15 is 0 Å². The molecule has 2 rings (SSSR count). The molecule has 0 aliphatic rings. The van der Waals surface area contributed by atoms with Gasteiger partial charge in [-0.2, -0.15) is 0 Å². The molecule has 2 amide bonds. The molecule has 2 aromatic carbocycles. The van der Waals surface area contributed by atoms with Gasteiger partial charge in [-0.1, -0.05) is 35.4 Å². The van der Waals surface area contributed by atoms with E-state index in [2.05, 4.69) is 10.6 Å². The summed E-state index contributed by atoms with van der Waals surface area (Å²) in [6.07, 6.45) is 2.51.